The first-order valence-electron chi connectivity index (χ1n) is 13.1. The zero-order valence-electron chi connectivity index (χ0n) is 21.8. The second kappa shape index (κ2) is 9.72. The highest BCUT2D eigenvalue weighted by atomic mass is 19.1. The number of primary amides is 1. The monoisotopic (exact) mass is 513 g/mol. The molecule has 1 amide bonds. The molecule has 1 fully saturated rings. The van der Waals surface area contributed by atoms with Gasteiger partial charge in [0.25, 0.3) is 0 Å². The molecule has 0 spiro atoms. The van der Waals surface area contributed by atoms with E-state index >= 15 is 0 Å². The van der Waals surface area contributed by atoms with Crippen LogP contribution in [0.2, 0.25) is 0 Å². The smallest absolute Gasteiger partial charge is 0.231 e. The molecule has 0 saturated carbocycles. The first-order chi connectivity index (χ1) is 18.4. The van der Waals surface area contributed by atoms with E-state index in [1.165, 1.54) is 6.07 Å². The number of nitrogens with two attached hydrogens (primary N) is 1. The van der Waals surface area contributed by atoms with Crippen molar-refractivity contribution in [3.63, 3.8) is 0 Å². The van der Waals surface area contributed by atoms with Crippen LogP contribution in [-0.2, 0) is 17.8 Å². The largest absolute Gasteiger partial charge is 0.369 e. The van der Waals surface area contributed by atoms with Crippen LogP contribution in [0.3, 0.4) is 0 Å². The lowest BCUT2D eigenvalue weighted by Crippen LogP contribution is -2.49. The van der Waals surface area contributed by atoms with Crippen LogP contribution in [0, 0.1) is 19.7 Å². The Morgan fingerprint density at radius 3 is 2.63 bits per heavy atom. The van der Waals surface area contributed by atoms with Gasteiger partial charge < -0.3 is 20.5 Å². The van der Waals surface area contributed by atoms with E-state index in [1.807, 2.05) is 25.3 Å². The van der Waals surface area contributed by atoms with E-state index in [-0.39, 0.29) is 18.3 Å². The van der Waals surface area contributed by atoms with Crippen molar-refractivity contribution in [1.82, 2.24) is 19.9 Å². The van der Waals surface area contributed by atoms with Crippen molar-refractivity contribution in [3.8, 4) is 11.4 Å². The summed E-state index contributed by atoms with van der Waals surface area (Å²) in [5, 5.41) is 1.14. The van der Waals surface area contributed by atoms with Gasteiger partial charge in [0.15, 0.2) is 5.82 Å². The first kappa shape index (κ1) is 24.4. The van der Waals surface area contributed by atoms with Gasteiger partial charge in [-0.25, -0.2) is 14.4 Å². The van der Waals surface area contributed by atoms with Crippen molar-refractivity contribution >= 4 is 28.3 Å². The predicted octanol–water partition coefficient (Wildman–Crippen LogP) is 3.55. The van der Waals surface area contributed by atoms with Crippen LogP contribution < -0.4 is 15.5 Å². The maximum absolute atomic E-state index is 14.2. The highest BCUT2D eigenvalue weighted by Crippen LogP contribution is 2.35. The van der Waals surface area contributed by atoms with E-state index in [2.05, 4.69) is 38.7 Å². The Kier molecular flexibility index (Phi) is 6.23. The highest BCUT2D eigenvalue weighted by molar-refractivity contribution is 5.96. The average Bonchev–Trinajstić information content (AvgIpc) is 3.30. The Labute approximate surface area is 221 Å². The molecule has 2 aromatic heterocycles. The number of halogens is 1. The van der Waals surface area contributed by atoms with Gasteiger partial charge in [0, 0.05) is 79.6 Å². The average molecular weight is 514 g/mol. The van der Waals surface area contributed by atoms with E-state index in [0.29, 0.717) is 6.54 Å². The minimum Gasteiger partial charge on any atom is -0.369 e. The molecule has 8 nitrogen and oxygen atoms in total. The molecule has 196 valence electrons. The van der Waals surface area contributed by atoms with Crippen LogP contribution in [0.1, 0.15) is 22.4 Å². The van der Waals surface area contributed by atoms with E-state index in [4.69, 9.17) is 15.7 Å². The van der Waals surface area contributed by atoms with Gasteiger partial charge in [0.2, 0.25) is 5.91 Å². The molecular formula is C29H32FN7O. The second-order valence-corrected chi connectivity index (χ2v) is 10.3. The van der Waals surface area contributed by atoms with Gasteiger partial charge in [-0.15, -0.1) is 0 Å². The summed E-state index contributed by atoms with van der Waals surface area (Å²) in [5.41, 5.74) is 12.8. The van der Waals surface area contributed by atoms with Gasteiger partial charge in [-0.3, -0.25) is 9.69 Å². The number of aryl methyl sites for hydroxylation is 2. The predicted molar refractivity (Wildman–Crippen MR) is 148 cm³/mol. The summed E-state index contributed by atoms with van der Waals surface area (Å²) < 4.78 is 14.2. The molecule has 0 atom stereocenters. The molecule has 2 aromatic carbocycles. The molecule has 3 N–H and O–H groups in total. The molecule has 0 radical (unpaired) electrons. The molecule has 0 unspecified atom stereocenters. The number of nitrogens with one attached hydrogen (secondary N) is 1. The first-order valence-corrected chi connectivity index (χ1v) is 13.1. The third kappa shape index (κ3) is 4.47. The van der Waals surface area contributed by atoms with Crippen molar-refractivity contribution in [3.05, 3.63) is 70.8 Å². The lowest BCUT2D eigenvalue weighted by atomic mass is 10.0. The van der Waals surface area contributed by atoms with Crippen molar-refractivity contribution in [2.75, 3.05) is 49.1 Å². The van der Waals surface area contributed by atoms with Crippen LogP contribution in [0.25, 0.3) is 22.3 Å². The number of aromatic nitrogens is 3. The zero-order chi connectivity index (χ0) is 26.4. The summed E-state index contributed by atoms with van der Waals surface area (Å²) in [6.07, 6.45) is 2.77. The molecule has 2 aliphatic heterocycles. The molecule has 0 aliphatic carbocycles. The van der Waals surface area contributed by atoms with Crippen LogP contribution in [0.4, 0.5) is 15.9 Å². The third-order valence-electron chi connectivity index (χ3n) is 7.75. The van der Waals surface area contributed by atoms with E-state index < -0.39 is 0 Å². The Morgan fingerprint density at radius 1 is 1.03 bits per heavy atom. The highest BCUT2D eigenvalue weighted by Gasteiger charge is 2.29. The molecule has 4 aromatic rings. The Bertz CT molecular complexity index is 1520. The summed E-state index contributed by atoms with van der Waals surface area (Å²) in [6.45, 7) is 8.69. The summed E-state index contributed by atoms with van der Waals surface area (Å²) in [6, 6.07) is 11.2. The lowest BCUT2D eigenvalue weighted by molar-refractivity contribution is -0.119. The van der Waals surface area contributed by atoms with E-state index in [1.54, 1.807) is 6.07 Å². The zero-order valence-corrected chi connectivity index (χ0v) is 21.8. The molecule has 9 heteroatoms. The molecule has 6 rings (SSSR count). The number of rotatable bonds is 5. The number of nitrogens with zero attached hydrogens (tertiary/aromatic N) is 5. The number of hydrogen-bond donors (Lipinski definition) is 2. The minimum absolute atomic E-state index is 0.233. The number of amides is 1. The fourth-order valence-electron chi connectivity index (χ4n) is 5.79. The standard InChI is InChI=1S/C29H32FN7O/c1-18-6-7-20(30)14-25(18)37-9-8-23-22(16-37)29(36-12-10-35(11-13-36)17-26(31)38)34-28(33-23)21-4-3-5-24-27(21)19(2)15-32-24/h3-7,14-15,32H,8-13,16-17H2,1-2H3,(H2,31,38). The van der Waals surface area contributed by atoms with Gasteiger partial charge in [-0.05, 0) is 43.2 Å². The summed E-state index contributed by atoms with van der Waals surface area (Å²) in [7, 11) is 0. The van der Waals surface area contributed by atoms with Crippen molar-refractivity contribution in [2.45, 2.75) is 26.8 Å². The fourth-order valence-corrected chi connectivity index (χ4v) is 5.79. The van der Waals surface area contributed by atoms with Crippen molar-refractivity contribution < 1.29 is 9.18 Å². The number of aromatic amines is 1. The van der Waals surface area contributed by atoms with Crippen molar-refractivity contribution in [1.29, 1.82) is 0 Å². The number of H-pyrrole nitrogens is 1. The van der Waals surface area contributed by atoms with E-state index in [9.17, 15) is 9.18 Å². The summed E-state index contributed by atoms with van der Waals surface area (Å²) in [5.74, 6) is 1.11. The van der Waals surface area contributed by atoms with Gasteiger partial charge in [-0.2, -0.15) is 0 Å². The Morgan fingerprint density at radius 2 is 1.84 bits per heavy atom. The lowest BCUT2D eigenvalue weighted by Gasteiger charge is -2.38. The topological polar surface area (TPSA) is 94.4 Å². The Hall–Kier alpha value is -3.98. The normalized spacial score (nSPS) is 16.2. The van der Waals surface area contributed by atoms with Crippen LogP contribution in [0.15, 0.2) is 42.6 Å². The van der Waals surface area contributed by atoms with Crippen LogP contribution in [-0.4, -0.2) is 65.0 Å². The number of benzene rings is 2. The second-order valence-electron chi connectivity index (χ2n) is 10.3. The fraction of sp³-hybridized carbons (Fsp3) is 0.345. The third-order valence-corrected chi connectivity index (χ3v) is 7.75. The minimum atomic E-state index is -0.309. The number of fused-ring (bicyclic) bond motifs is 2. The number of carbonyl (C=O) groups is 1. The number of anilines is 2. The SMILES string of the molecule is Cc1ccc(F)cc1N1CCc2nc(-c3cccc4[nH]cc(C)c34)nc(N3CCN(CC(N)=O)CC3)c2C1. The molecule has 38 heavy (non-hydrogen) atoms. The molecule has 2 aliphatic rings. The summed E-state index contributed by atoms with van der Waals surface area (Å²) in [4.78, 5) is 31.7. The van der Waals surface area contributed by atoms with Crippen LogP contribution in [0.5, 0.6) is 0 Å². The molecule has 0 bridgehead atoms. The number of carbonyl (C=O) groups excluding carboxylic acids is 1. The molecular weight excluding hydrogens is 481 g/mol. The molecule has 4 heterocycles. The van der Waals surface area contributed by atoms with E-state index in [0.717, 1.165) is 95.3 Å². The summed E-state index contributed by atoms with van der Waals surface area (Å²) >= 11 is 0. The number of hydrogen-bond acceptors (Lipinski definition) is 6. The quantitative estimate of drug-likeness (QED) is 0.424. The van der Waals surface area contributed by atoms with Gasteiger partial charge in [0.05, 0.1) is 12.2 Å². The van der Waals surface area contributed by atoms with Gasteiger partial charge in [0.1, 0.15) is 11.6 Å². The van der Waals surface area contributed by atoms with Crippen molar-refractivity contribution in [2.24, 2.45) is 5.73 Å². The molecule has 1 saturated heterocycles. The van der Waals surface area contributed by atoms with Gasteiger partial charge in [-0.1, -0.05) is 18.2 Å². The maximum Gasteiger partial charge on any atom is 0.231 e. The maximum atomic E-state index is 14.2. The van der Waals surface area contributed by atoms with Crippen LogP contribution >= 0.6 is 0 Å². The number of piperazine rings is 1. The van der Waals surface area contributed by atoms with Gasteiger partial charge >= 0.3 is 0 Å². The Balaban J connectivity index is 1.42.